The Hall–Kier alpha value is -2.42. The molecule has 8 heteroatoms. The molecule has 7 nitrogen and oxygen atoms in total. The standard InChI is InChI=1S/C21H24N2O5S/c24-21(15-6-10-18(11-7-15)28-14-19-4-2-12-27-19)22-17-3-1-5-20(13-17)29(25,26)23-16-8-9-16/h1,3,5-7,10-11,13,16,19,23H,2,4,8-9,12,14H2,(H,22,24). The van der Waals surface area contributed by atoms with Gasteiger partial charge in [0.25, 0.3) is 5.91 Å². The molecule has 1 saturated carbocycles. The molecular weight excluding hydrogens is 392 g/mol. The summed E-state index contributed by atoms with van der Waals surface area (Å²) in [4.78, 5) is 12.6. The van der Waals surface area contributed by atoms with Crippen molar-refractivity contribution in [1.29, 1.82) is 0 Å². The van der Waals surface area contributed by atoms with Crippen molar-refractivity contribution in [1.82, 2.24) is 4.72 Å². The van der Waals surface area contributed by atoms with E-state index in [4.69, 9.17) is 9.47 Å². The Morgan fingerprint density at radius 3 is 2.59 bits per heavy atom. The van der Waals surface area contributed by atoms with Crippen LogP contribution >= 0.6 is 0 Å². The zero-order valence-electron chi connectivity index (χ0n) is 16.0. The minimum Gasteiger partial charge on any atom is -0.491 e. The van der Waals surface area contributed by atoms with E-state index in [0.717, 1.165) is 32.3 Å². The van der Waals surface area contributed by atoms with Crippen molar-refractivity contribution in [2.45, 2.75) is 42.7 Å². The van der Waals surface area contributed by atoms with E-state index >= 15 is 0 Å². The molecule has 1 aliphatic heterocycles. The highest BCUT2D eigenvalue weighted by molar-refractivity contribution is 7.89. The van der Waals surface area contributed by atoms with Gasteiger partial charge in [0.1, 0.15) is 12.4 Å². The SMILES string of the molecule is O=C(Nc1cccc(S(=O)(=O)NC2CC2)c1)c1ccc(OCC2CCCO2)cc1. The third-order valence-corrected chi connectivity index (χ3v) is 6.40. The first-order chi connectivity index (χ1) is 14.0. The van der Waals surface area contributed by atoms with Crippen molar-refractivity contribution in [3.8, 4) is 5.75 Å². The highest BCUT2D eigenvalue weighted by Gasteiger charge is 2.28. The Morgan fingerprint density at radius 1 is 1.10 bits per heavy atom. The van der Waals surface area contributed by atoms with Crippen LogP contribution in [0.25, 0.3) is 0 Å². The predicted molar refractivity (Wildman–Crippen MR) is 109 cm³/mol. The fourth-order valence-corrected chi connectivity index (χ4v) is 4.45. The minimum atomic E-state index is -3.57. The van der Waals surface area contributed by atoms with E-state index < -0.39 is 10.0 Å². The molecule has 1 unspecified atom stereocenters. The first-order valence-corrected chi connectivity index (χ1v) is 11.3. The molecule has 154 valence electrons. The van der Waals surface area contributed by atoms with Crippen LogP contribution in [0.1, 0.15) is 36.0 Å². The number of nitrogens with one attached hydrogen (secondary N) is 2. The Kier molecular flexibility index (Phi) is 5.84. The van der Waals surface area contributed by atoms with Gasteiger partial charge in [0.2, 0.25) is 10.0 Å². The molecule has 2 aromatic rings. The lowest BCUT2D eigenvalue weighted by atomic mass is 10.2. The average Bonchev–Trinajstić information content (AvgIpc) is 3.36. The molecule has 2 fully saturated rings. The summed E-state index contributed by atoms with van der Waals surface area (Å²) < 4.78 is 38.5. The number of carbonyl (C=O) groups excluding carboxylic acids is 1. The minimum absolute atomic E-state index is 0.0270. The van der Waals surface area contributed by atoms with Crippen molar-refractivity contribution < 1.29 is 22.7 Å². The number of ether oxygens (including phenoxy) is 2. The molecule has 0 aromatic heterocycles. The van der Waals surface area contributed by atoms with Gasteiger partial charge in [0, 0.05) is 23.9 Å². The van der Waals surface area contributed by atoms with Gasteiger partial charge in [-0.25, -0.2) is 13.1 Å². The van der Waals surface area contributed by atoms with Crippen molar-refractivity contribution >= 4 is 21.6 Å². The van der Waals surface area contributed by atoms with Crippen LogP contribution in [0, 0.1) is 0 Å². The Morgan fingerprint density at radius 2 is 1.90 bits per heavy atom. The maximum absolute atomic E-state index is 12.5. The van der Waals surface area contributed by atoms with Crippen LogP contribution in [0.2, 0.25) is 0 Å². The fourth-order valence-electron chi connectivity index (χ4n) is 3.10. The van der Waals surface area contributed by atoms with E-state index in [1.54, 1.807) is 36.4 Å². The molecule has 0 radical (unpaired) electrons. The lowest BCUT2D eigenvalue weighted by Crippen LogP contribution is -2.25. The van der Waals surface area contributed by atoms with Gasteiger partial charge in [-0.1, -0.05) is 6.07 Å². The van der Waals surface area contributed by atoms with Gasteiger partial charge in [-0.05, 0) is 68.1 Å². The normalized spacial score (nSPS) is 19.1. The van der Waals surface area contributed by atoms with Crippen LogP contribution in [0.15, 0.2) is 53.4 Å². The fraction of sp³-hybridized carbons (Fsp3) is 0.381. The van der Waals surface area contributed by atoms with E-state index in [9.17, 15) is 13.2 Å². The highest BCUT2D eigenvalue weighted by atomic mass is 32.2. The van der Waals surface area contributed by atoms with E-state index in [1.165, 1.54) is 12.1 Å². The van der Waals surface area contributed by atoms with Crippen LogP contribution in [-0.4, -0.2) is 39.7 Å². The summed E-state index contributed by atoms with van der Waals surface area (Å²) in [7, 11) is -3.57. The molecule has 1 saturated heterocycles. The summed E-state index contributed by atoms with van der Waals surface area (Å²) in [5.74, 6) is 0.358. The van der Waals surface area contributed by atoms with Crippen LogP contribution in [0.5, 0.6) is 5.75 Å². The van der Waals surface area contributed by atoms with Crippen LogP contribution in [-0.2, 0) is 14.8 Å². The first kappa shape index (κ1) is 19.9. The monoisotopic (exact) mass is 416 g/mol. The van der Waals surface area contributed by atoms with Crippen LogP contribution in [0.4, 0.5) is 5.69 Å². The second-order valence-corrected chi connectivity index (χ2v) is 9.06. The van der Waals surface area contributed by atoms with Gasteiger partial charge in [-0.2, -0.15) is 0 Å². The number of anilines is 1. The Balaban J connectivity index is 1.36. The molecule has 1 heterocycles. The van der Waals surface area contributed by atoms with Gasteiger partial charge in [0.05, 0.1) is 11.0 Å². The van der Waals surface area contributed by atoms with Crippen molar-refractivity contribution in [3.63, 3.8) is 0 Å². The topological polar surface area (TPSA) is 93.7 Å². The molecule has 1 aliphatic carbocycles. The molecule has 1 atom stereocenters. The second-order valence-electron chi connectivity index (χ2n) is 7.35. The molecule has 0 spiro atoms. The van der Waals surface area contributed by atoms with Gasteiger partial charge < -0.3 is 14.8 Å². The summed E-state index contributed by atoms with van der Waals surface area (Å²) in [6.07, 6.45) is 3.93. The molecule has 4 rings (SSSR count). The van der Waals surface area contributed by atoms with Gasteiger partial charge >= 0.3 is 0 Å². The number of rotatable bonds is 8. The average molecular weight is 416 g/mol. The Bertz CT molecular complexity index is 965. The smallest absolute Gasteiger partial charge is 0.255 e. The molecule has 2 aromatic carbocycles. The lowest BCUT2D eigenvalue weighted by molar-refractivity contribution is 0.0679. The second kappa shape index (κ2) is 8.52. The highest BCUT2D eigenvalue weighted by Crippen LogP contribution is 2.23. The van der Waals surface area contributed by atoms with Crippen molar-refractivity contribution in [2.75, 3.05) is 18.5 Å². The van der Waals surface area contributed by atoms with Crippen LogP contribution in [0.3, 0.4) is 0 Å². The molecule has 29 heavy (non-hydrogen) atoms. The van der Waals surface area contributed by atoms with E-state index in [2.05, 4.69) is 10.0 Å². The summed E-state index contributed by atoms with van der Waals surface area (Å²) in [6, 6.07) is 13.1. The van der Waals surface area contributed by atoms with Gasteiger partial charge in [-0.15, -0.1) is 0 Å². The van der Waals surface area contributed by atoms with Crippen LogP contribution < -0.4 is 14.8 Å². The maximum Gasteiger partial charge on any atom is 0.255 e. The summed E-state index contributed by atoms with van der Waals surface area (Å²) in [5.41, 5.74) is 0.881. The zero-order chi connectivity index (χ0) is 20.3. The van der Waals surface area contributed by atoms with E-state index in [0.29, 0.717) is 23.6 Å². The number of hydrogen-bond donors (Lipinski definition) is 2. The van der Waals surface area contributed by atoms with E-state index in [-0.39, 0.29) is 22.9 Å². The third kappa shape index (κ3) is 5.35. The predicted octanol–water partition coefficient (Wildman–Crippen LogP) is 2.94. The summed E-state index contributed by atoms with van der Waals surface area (Å²) in [6.45, 7) is 1.29. The van der Waals surface area contributed by atoms with Crippen molar-refractivity contribution in [2.24, 2.45) is 0 Å². The van der Waals surface area contributed by atoms with E-state index in [1.807, 2.05) is 0 Å². The molecule has 2 aliphatic rings. The largest absolute Gasteiger partial charge is 0.491 e. The third-order valence-electron chi connectivity index (χ3n) is 4.88. The van der Waals surface area contributed by atoms with Crippen molar-refractivity contribution in [3.05, 3.63) is 54.1 Å². The number of hydrogen-bond acceptors (Lipinski definition) is 5. The molecule has 0 bridgehead atoms. The number of sulfonamides is 1. The summed E-state index contributed by atoms with van der Waals surface area (Å²) >= 11 is 0. The molecule has 1 amide bonds. The van der Waals surface area contributed by atoms with Gasteiger partial charge in [-0.3, -0.25) is 4.79 Å². The summed E-state index contributed by atoms with van der Waals surface area (Å²) in [5, 5.41) is 2.74. The van der Waals surface area contributed by atoms with Gasteiger partial charge in [0.15, 0.2) is 0 Å². The zero-order valence-corrected chi connectivity index (χ0v) is 16.8. The molecule has 2 N–H and O–H groups in total. The maximum atomic E-state index is 12.5. The first-order valence-electron chi connectivity index (χ1n) is 9.78. The number of amides is 1. The number of benzene rings is 2. The quantitative estimate of drug-likeness (QED) is 0.690. The lowest BCUT2D eigenvalue weighted by Gasteiger charge is -2.12. The number of carbonyl (C=O) groups is 1. The Labute approximate surface area is 170 Å². The molecular formula is C21H24N2O5S.